The van der Waals surface area contributed by atoms with Gasteiger partial charge < -0.3 is 5.11 Å². The van der Waals surface area contributed by atoms with Gasteiger partial charge in [-0.05, 0) is 36.4 Å². The fourth-order valence-corrected chi connectivity index (χ4v) is 3.04. The molecular weight excluding hydrogens is 337 g/mol. The third kappa shape index (κ3) is 3.92. The summed E-state index contributed by atoms with van der Waals surface area (Å²) in [5, 5.41) is 16.3. The predicted molar refractivity (Wildman–Crippen MR) is 99.4 cm³/mol. The van der Waals surface area contributed by atoms with E-state index in [4.69, 9.17) is 0 Å². The number of halogens is 1. The third-order valence-electron chi connectivity index (χ3n) is 3.43. The zero-order valence-electron chi connectivity index (χ0n) is 13.3. The Balaban J connectivity index is 2.08. The lowest BCUT2D eigenvalue weighted by atomic mass is 10.2. The predicted octanol–water partition coefficient (Wildman–Crippen LogP) is 4.03. The van der Waals surface area contributed by atoms with Crippen LogP contribution in [-0.2, 0) is 0 Å². The van der Waals surface area contributed by atoms with E-state index >= 15 is 0 Å². The summed E-state index contributed by atoms with van der Waals surface area (Å²) in [4.78, 5) is 5.12. The molecule has 0 amide bonds. The number of aromatic hydroxyl groups is 1. The number of phenols is 1. The maximum absolute atomic E-state index is 13.2. The topological polar surface area (TPSA) is 49.9 Å². The fourth-order valence-electron chi connectivity index (χ4n) is 2.20. The highest BCUT2D eigenvalue weighted by Gasteiger charge is 2.07. The van der Waals surface area contributed by atoms with Crippen molar-refractivity contribution >= 4 is 17.6 Å². The van der Waals surface area contributed by atoms with E-state index in [2.05, 4.69) is 16.7 Å². The maximum atomic E-state index is 13.2. The van der Waals surface area contributed by atoms with Gasteiger partial charge in [-0.25, -0.2) is 9.07 Å². The molecule has 3 rings (SSSR count). The van der Waals surface area contributed by atoms with Crippen LogP contribution in [0.3, 0.4) is 0 Å². The molecule has 4 nitrogen and oxygen atoms in total. The Morgan fingerprint density at radius 3 is 2.64 bits per heavy atom. The van der Waals surface area contributed by atoms with Gasteiger partial charge in [0, 0.05) is 16.5 Å². The van der Waals surface area contributed by atoms with Crippen LogP contribution >= 0.6 is 11.3 Å². The maximum Gasteiger partial charge on any atom is 0.206 e. The van der Waals surface area contributed by atoms with E-state index in [1.54, 1.807) is 47.3 Å². The molecule has 2 aromatic carbocycles. The Morgan fingerprint density at radius 2 is 1.92 bits per heavy atom. The van der Waals surface area contributed by atoms with Gasteiger partial charge in [0.15, 0.2) is 0 Å². The highest BCUT2D eigenvalue weighted by molar-refractivity contribution is 7.07. The van der Waals surface area contributed by atoms with Crippen molar-refractivity contribution in [1.82, 2.24) is 4.68 Å². The van der Waals surface area contributed by atoms with E-state index in [1.165, 1.54) is 23.5 Å². The molecule has 25 heavy (non-hydrogen) atoms. The summed E-state index contributed by atoms with van der Waals surface area (Å²) in [5.41, 5.74) is 2.22. The molecule has 0 bridgehead atoms. The van der Waals surface area contributed by atoms with E-state index in [0.717, 1.165) is 11.3 Å². The van der Waals surface area contributed by atoms with Crippen molar-refractivity contribution in [2.45, 2.75) is 0 Å². The summed E-state index contributed by atoms with van der Waals surface area (Å²) in [6.45, 7) is 4.14. The van der Waals surface area contributed by atoms with Crippen LogP contribution in [0.5, 0.6) is 5.75 Å². The minimum atomic E-state index is -0.292. The molecule has 0 radical (unpaired) electrons. The monoisotopic (exact) mass is 353 g/mol. The average Bonchev–Trinajstić information content (AvgIpc) is 3.02. The lowest BCUT2D eigenvalue weighted by Gasteiger charge is -2.04. The first-order valence-corrected chi connectivity index (χ1v) is 8.47. The fraction of sp³-hybridized carbons (Fsp3) is 0.0526. The van der Waals surface area contributed by atoms with Gasteiger partial charge >= 0.3 is 0 Å². The van der Waals surface area contributed by atoms with Crippen molar-refractivity contribution in [3.8, 4) is 17.0 Å². The van der Waals surface area contributed by atoms with Gasteiger partial charge in [-0.1, -0.05) is 18.2 Å². The second-order valence-electron chi connectivity index (χ2n) is 5.15. The van der Waals surface area contributed by atoms with Crippen molar-refractivity contribution in [3.63, 3.8) is 0 Å². The zero-order chi connectivity index (χ0) is 17.6. The number of rotatable bonds is 5. The van der Waals surface area contributed by atoms with Gasteiger partial charge in [-0.3, -0.25) is 4.99 Å². The molecule has 0 aliphatic carbocycles. The molecule has 0 aliphatic heterocycles. The molecule has 1 N–H and O–H groups in total. The van der Waals surface area contributed by atoms with Gasteiger partial charge in [0.1, 0.15) is 11.6 Å². The number of phenolic OH excluding ortho intramolecular Hbond substituents is 1. The summed E-state index contributed by atoms with van der Waals surface area (Å²) in [7, 11) is 0. The van der Waals surface area contributed by atoms with Crippen LogP contribution in [-0.4, -0.2) is 22.5 Å². The number of thiazole rings is 1. The number of aromatic nitrogens is 1. The van der Waals surface area contributed by atoms with Crippen molar-refractivity contribution in [3.05, 3.63) is 82.7 Å². The molecule has 0 aliphatic rings. The lowest BCUT2D eigenvalue weighted by molar-refractivity contribution is 0.474. The van der Waals surface area contributed by atoms with Crippen molar-refractivity contribution in [2.75, 3.05) is 6.54 Å². The Kier molecular flexibility index (Phi) is 5.20. The van der Waals surface area contributed by atoms with Crippen molar-refractivity contribution in [2.24, 2.45) is 10.1 Å². The van der Waals surface area contributed by atoms with Gasteiger partial charge in [0.25, 0.3) is 0 Å². The van der Waals surface area contributed by atoms with E-state index in [1.807, 2.05) is 11.4 Å². The standard InChI is InChI=1S/C19H16FN3OS/c1-2-11-21-19-23(22-12-15-5-3-4-6-18(15)24)17(13-25-19)14-7-9-16(20)10-8-14/h2-10,12-13,24H,1,11H2. The first-order valence-electron chi connectivity index (χ1n) is 7.59. The molecule has 6 heteroatoms. The van der Waals surface area contributed by atoms with Crippen LogP contribution in [0.25, 0.3) is 11.3 Å². The lowest BCUT2D eigenvalue weighted by Crippen LogP contribution is -2.12. The number of para-hydroxylation sites is 1. The summed E-state index contributed by atoms with van der Waals surface area (Å²) in [6.07, 6.45) is 3.27. The van der Waals surface area contributed by atoms with Gasteiger partial charge in [0.05, 0.1) is 18.5 Å². The molecular formula is C19H16FN3OS. The van der Waals surface area contributed by atoms with Crippen LogP contribution < -0.4 is 4.80 Å². The summed E-state index contributed by atoms with van der Waals surface area (Å²) >= 11 is 1.43. The summed E-state index contributed by atoms with van der Waals surface area (Å²) in [5.74, 6) is -0.144. The minimum absolute atomic E-state index is 0.148. The Labute approximate surface area is 148 Å². The van der Waals surface area contributed by atoms with Gasteiger partial charge in [-0.15, -0.1) is 17.9 Å². The molecule has 0 fully saturated rings. The number of hydrogen-bond acceptors (Lipinski definition) is 4. The first-order chi connectivity index (χ1) is 12.2. The Bertz CT molecular complexity index is 971. The number of benzene rings is 2. The quantitative estimate of drug-likeness (QED) is 0.546. The minimum Gasteiger partial charge on any atom is -0.507 e. The molecule has 1 heterocycles. The van der Waals surface area contributed by atoms with Crippen LogP contribution in [0.1, 0.15) is 5.56 Å². The average molecular weight is 353 g/mol. The summed E-state index contributed by atoms with van der Waals surface area (Å²) in [6, 6.07) is 13.1. The van der Waals surface area contributed by atoms with Crippen molar-refractivity contribution < 1.29 is 9.50 Å². The normalized spacial score (nSPS) is 12.0. The molecule has 0 atom stereocenters. The molecule has 1 aromatic heterocycles. The molecule has 126 valence electrons. The number of hydrogen-bond donors (Lipinski definition) is 1. The highest BCUT2D eigenvalue weighted by Crippen LogP contribution is 2.21. The van der Waals surface area contributed by atoms with E-state index < -0.39 is 0 Å². The van der Waals surface area contributed by atoms with Crippen LogP contribution in [0.15, 0.2) is 76.7 Å². The molecule has 0 spiro atoms. The van der Waals surface area contributed by atoms with E-state index in [-0.39, 0.29) is 11.6 Å². The summed E-state index contributed by atoms with van der Waals surface area (Å²) < 4.78 is 14.9. The van der Waals surface area contributed by atoms with Crippen molar-refractivity contribution in [1.29, 1.82) is 0 Å². The van der Waals surface area contributed by atoms with E-state index in [9.17, 15) is 9.50 Å². The molecule has 0 saturated heterocycles. The van der Waals surface area contributed by atoms with Gasteiger partial charge in [0.2, 0.25) is 4.80 Å². The molecule has 0 saturated carbocycles. The van der Waals surface area contributed by atoms with Gasteiger partial charge in [-0.2, -0.15) is 5.10 Å². The first kappa shape index (κ1) is 16.9. The largest absolute Gasteiger partial charge is 0.507 e. The van der Waals surface area contributed by atoms with E-state index in [0.29, 0.717) is 16.9 Å². The van der Waals surface area contributed by atoms with Crippen LogP contribution in [0.4, 0.5) is 4.39 Å². The van der Waals surface area contributed by atoms with Crippen LogP contribution in [0, 0.1) is 5.82 Å². The SMILES string of the molecule is C=CCN=c1scc(-c2ccc(F)cc2)n1N=Cc1ccccc1O. The Hall–Kier alpha value is -2.99. The highest BCUT2D eigenvalue weighted by atomic mass is 32.1. The number of nitrogens with zero attached hydrogens (tertiary/aromatic N) is 3. The third-order valence-corrected chi connectivity index (χ3v) is 4.28. The Morgan fingerprint density at radius 1 is 1.16 bits per heavy atom. The van der Waals surface area contributed by atoms with Crippen LogP contribution in [0.2, 0.25) is 0 Å². The second kappa shape index (κ2) is 7.72. The zero-order valence-corrected chi connectivity index (χ0v) is 14.2. The second-order valence-corrected chi connectivity index (χ2v) is 5.99. The molecule has 0 unspecified atom stereocenters. The smallest absolute Gasteiger partial charge is 0.206 e. The molecule has 3 aromatic rings.